The van der Waals surface area contributed by atoms with Crippen LogP contribution in [0.15, 0.2) is 29.6 Å². The summed E-state index contributed by atoms with van der Waals surface area (Å²) in [4.78, 5) is 14.9. The van der Waals surface area contributed by atoms with Crippen molar-refractivity contribution in [1.82, 2.24) is 4.98 Å². The Balaban J connectivity index is 2.08. The Morgan fingerprint density at radius 2 is 2.16 bits per heavy atom. The van der Waals surface area contributed by atoms with E-state index in [2.05, 4.69) is 10.3 Å². The number of rotatable bonds is 5. The number of ether oxygens (including phenoxy) is 1. The molecular formula is C12H13N3O3S. The highest BCUT2D eigenvalue weighted by atomic mass is 32.1. The Morgan fingerprint density at radius 3 is 2.74 bits per heavy atom. The first-order valence-electron chi connectivity index (χ1n) is 5.45. The van der Waals surface area contributed by atoms with E-state index in [0.29, 0.717) is 10.8 Å². The number of hydrogen-bond donors (Lipinski definition) is 3. The number of aromatic nitrogens is 1. The Morgan fingerprint density at radius 1 is 1.47 bits per heavy atom. The molecular weight excluding hydrogens is 266 g/mol. The van der Waals surface area contributed by atoms with Gasteiger partial charge in [-0.15, -0.1) is 11.3 Å². The van der Waals surface area contributed by atoms with Crippen LogP contribution in [0, 0.1) is 0 Å². The quantitative estimate of drug-likeness (QED) is 0.774. The third-order valence-corrected chi connectivity index (χ3v) is 3.22. The standard InChI is InChI=1S/C12H13N3O3S/c1-18-8-4-2-7(3-5-8)14-12-15-9(6-19-12)10(13)11(16)17/h2-6,10H,13H2,1H3,(H,14,15)(H,16,17). The number of hydrogen-bond acceptors (Lipinski definition) is 6. The van der Waals surface area contributed by atoms with Gasteiger partial charge in [-0.3, -0.25) is 4.79 Å². The van der Waals surface area contributed by atoms with Gasteiger partial charge in [0.15, 0.2) is 5.13 Å². The van der Waals surface area contributed by atoms with E-state index < -0.39 is 12.0 Å². The number of nitrogens with one attached hydrogen (secondary N) is 1. The average Bonchev–Trinajstić information content (AvgIpc) is 2.87. The lowest BCUT2D eigenvalue weighted by molar-refractivity contribution is -0.138. The molecule has 0 saturated carbocycles. The van der Waals surface area contributed by atoms with Crippen molar-refractivity contribution >= 4 is 28.1 Å². The summed E-state index contributed by atoms with van der Waals surface area (Å²) in [5.41, 5.74) is 6.66. The van der Waals surface area contributed by atoms with Crippen LogP contribution in [-0.4, -0.2) is 23.2 Å². The number of carbonyl (C=O) groups is 1. The van der Waals surface area contributed by atoms with Crippen LogP contribution in [0.25, 0.3) is 0 Å². The second-order valence-electron chi connectivity index (χ2n) is 3.75. The number of carboxylic acids is 1. The second kappa shape index (κ2) is 5.68. The van der Waals surface area contributed by atoms with Gasteiger partial charge in [0.1, 0.15) is 11.8 Å². The van der Waals surface area contributed by atoms with E-state index in [1.165, 1.54) is 11.3 Å². The highest BCUT2D eigenvalue weighted by Gasteiger charge is 2.17. The molecule has 1 atom stereocenters. The van der Waals surface area contributed by atoms with Crippen molar-refractivity contribution in [2.45, 2.75) is 6.04 Å². The maximum Gasteiger partial charge on any atom is 0.326 e. The molecule has 1 unspecified atom stereocenters. The number of methoxy groups -OCH3 is 1. The first kappa shape index (κ1) is 13.3. The summed E-state index contributed by atoms with van der Waals surface area (Å²) in [6.07, 6.45) is 0. The highest BCUT2D eigenvalue weighted by molar-refractivity contribution is 7.13. The molecule has 0 aliphatic rings. The second-order valence-corrected chi connectivity index (χ2v) is 4.61. The van der Waals surface area contributed by atoms with Crippen LogP contribution in [-0.2, 0) is 4.79 Å². The fourth-order valence-electron chi connectivity index (χ4n) is 1.41. The smallest absolute Gasteiger partial charge is 0.326 e. The van der Waals surface area contributed by atoms with Crippen LogP contribution in [0.1, 0.15) is 11.7 Å². The molecule has 2 rings (SSSR count). The van der Waals surface area contributed by atoms with E-state index in [1.54, 1.807) is 12.5 Å². The van der Waals surface area contributed by atoms with Crippen LogP contribution in [0.4, 0.5) is 10.8 Å². The lowest BCUT2D eigenvalue weighted by Gasteiger charge is -2.04. The van der Waals surface area contributed by atoms with Gasteiger partial charge in [-0.2, -0.15) is 0 Å². The first-order chi connectivity index (χ1) is 9.10. The van der Waals surface area contributed by atoms with Gasteiger partial charge in [0, 0.05) is 11.1 Å². The summed E-state index contributed by atoms with van der Waals surface area (Å²) in [7, 11) is 1.60. The molecule has 6 nitrogen and oxygen atoms in total. The summed E-state index contributed by atoms with van der Waals surface area (Å²) >= 11 is 1.30. The summed E-state index contributed by atoms with van der Waals surface area (Å²) in [6, 6.07) is 6.23. The van der Waals surface area contributed by atoms with Crippen molar-refractivity contribution in [1.29, 1.82) is 0 Å². The summed E-state index contributed by atoms with van der Waals surface area (Å²) in [5, 5.41) is 14.1. The molecule has 4 N–H and O–H groups in total. The van der Waals surface area contributed by atoms with Gasteiger partial charge in [0.2, 0.25) is 0 Å². The number of thiazole rings is 1. The Kier molecular flexibility index (Phi) is 3.98. The van der Waals surface area contributed by atoms with E-state index in [1.807, 2.05) is 24.3 Å². The summed E-state index contributed by atoms with van der Waals surface area (Å²) < 4.78 is 5.06. The largest absolute Gasteiger partial charge is 0.497 e. The molecule has 0 amide bonds. The summed E-state index contributed by atoms with van der Waals surface area (Å²) in [5.74, 6) is -0.334. The zero-order valence-corrected chi connectivity index (χ0v) is 11.0. The van der Waals surface area contributed by atoms with E-state index in [9.17, 15) is 4.79 Å². The predicted octanol–water partition coefficient (Wildman–Crippen LogP) is 1.98. The van der Waals surface area contributed by atoms with Gasteiger partial charge in [0.25, 0.3) is 0 Å². The zero-order valence-electron chi connectivity index (χ0n) is 10.2. The van der Waals surface area contributed by atoms with E-state index >= 15 is 0 Å². The summed E-state index contributed by atoms with van der Waals surface area (Å²) in [6.45, 7) is 0. The topological polar surface area (TPSA) is 97.5 Å². The Labute approximate surface area is 113 Å². The molecule has 0 saturated heterocycles. The molecule has 7 heteroatoms. The van der Waals surface area contributed by atoms with Crippen molar-refractivity contribution < 1.29 is 14.6 Å². The number of nitrogens with two attached hydrogens (primary N) is 1. The fourth-order valence-corrected chi connectivity index (χ4v) is 2.18. The highest BCUT2D eigenvalue weighted by Crippen LogP contribution is 2.24. The third kappa shape index (κ3) is 3.21. The minimum absolute atomic E-state index is 0.341. The minimum atomic E-state index is -1.10. The molecule has 19 heavy (non-hydrogen) atoms. The van der Waals surface area contributed by atoms with Gasteiger partial charge in [-0.25, -0.2) is 4.98 Å². The van der Waals surface area contributed by atoms with E-state index in [-0.39, 0.29) is 0 Å². The molecule has 0 aliphatic heterocycles. The molecule has 2 aromatic rings. The number of benzene rings is 1. The van der Waals surface area contributed by atoms with Crippen molar-refractivity contribution in [3.8, 4) is 5.75 Å². The van der Waals surface area contributed by atoms with Gasteiger partial charge >= 0.3 is 5.97 Å². The molecule has 0 bridgehead atoms. The SMILES string of the molecule is COc1ccc(Nc2nc(C(N)C(=O)O)cs2)cc1. The molecule has 100 valence electrons. The number of aliphatic carboxylic acids is 1. The van der Waals surface area contributed by atoms with Crippen LogP contribution in [0.2, 0.25) is 0 Å². The molecule has 0 fully saturated rings. The van der Waals surface area contributed by atoms with Crippen LogP contribution in [0.5, 0.6) is 5.75 Å². The monoisotopic (exact) mass is 279 g/mol. The van der Waals surface area contributed by atoms with Crippen molar-refractivity contribution in [2.24, 2.45) is 5.73 Å². The van der Waals surface area contributed by atoms with Gasteiger partial charge in [-0.1, -0.05) is 0 Å². The number of anilines is 2. The molecule has 0 aliphatic carbocycles. The lowest BCUT2D eigenvalue weighted by Crippen LogP contribution is -2.20. The maximum absolute atomic E-state index is 10.7. The molecule has 1 aromatic carbocycles. The van der Waals surface area contributed by atoms with Crippen molar-refractivity contribution in [2.75, 3.05) is 12.4 Å². The molecule has 1 heterocycles. The van der Waals surface area contributed by atoms with Crippen molar-refractivity contribution in [3.05, 3.63) is 35.3 Å². The van der Waals surface area contributed by atoms with Gasteiger partial charge in [-0.05, 0) is 24.3 Å². The van der Waals surface area contributed by atoms with Crippen molar-refractivity contribution in [3.63, 3.8) is 0 Å². The molecule has 0 spiro atoms. The minimum Gasteiger partial charge on any atom is -0.497 e. The fraction of sp³-hybridized carbons (Fsp3) is 0.167. The Hall–Kier alpha value is -2.12. The third-order valence-electron chi connectivity index (χ3n) is 2.45. The van der Waals surface area contributed by atoms with Crippen LogP contribution in [0.3, 0.4) is 0 Å². The average molecular weight is 279 g/mol. The zero-order chi connectivity index (χ0) is 13.8. The predicted molar refractivity (Wildman–Crippen MR) is 73.0 cm³/mol. The Bertz CT molecular complexity index is 568. The van der Waals surface area contributed by atoms with Gasteiger partial charge in [0.05, 0.1) is 12.8 Å². The molecule has 1 aromatic heterocycles. The lowest BCUT2D eigenvalue weighted by atomic mass is 10.2. The molecule has 0 radical (unpaired) electrons. The normalized spacial score (nSPS) is 11.9. The van der Waals surface area contributed by atoms with E-state index in [4.69, 9.17) is 15.6 Å². The number of carboxylic acid groups (broad SMARTS) is 1. The first-order valence-corrected chi connectivity index (χ1v) is 6.33. The maximum atomic E-state index is 10.7. The van der Waals surface area contributed by atoms with Crippen LogP contribution >= 0.6 is 11.3 Å². The van der Waals surface area contributed by atoms with Crippen LogP contribution < -0.4 is 15.8 Å². The number of nitrogens with zero attached hydrogens (tertiary/aromatic N) is 1. The van der Waals surface area contributed by atoms with E-state index in [0.717, 1.165) is 11.4 Å². The van der Waals surface area contributed by atoms with Gasteiger partial charge < -0.3 is 20.9 Å².